The molecule has 25 heavy (non-hydrogen) atoms. The van der Waals surface area contributed by atoms with Crippen LogP contribution in [0, 0.1) is 11.2 Å². The molecule has 2 heterocycles. The van der Waals surface area contributed by atoms with Gasteiger partial charge in [0.1, 0.15) is 12.1 Å². The first-order valence-electron chi connectivity index (χ1n) is 8.60. The van der Waals surface area contributed by atoms with Gasteiger partial charge in [-0.1, -0.05) is 12.9 Å². The van der Waals surface area contributed by atoms with Gasteiger partial charge in [-0.05, 0) is 40.1 Å². The normalized spacial score (nSPS) is 17.8. The Labute approximate surface area is 150 Å². The third-order valence-corrected chi connectivity index (χ3v) is 4.97. The van der Waals surface area contributed by atoms with Crippen LogP contribution in [-0.4, -0.2) is 49.4 Å². The van der Waals surface area contributed by atoms with Gasteiger partial charge in [-0.15, -0.1) is 0 Å². The van der Waals surface area contributed by atoms with E-state index in [1.165, 1.54) is 0 Å². The van der Waals surface area contributed by atoms with Gasteiger partial charge < -0.3 is 19.0 Å². The molecule has 0 saturated carbocycles. The lowest BCUT2D eigenvalue weighted by molar-refractivity contribution is -0.106. The molecule has 0 unspecified atom stereocenters. The van der Waals surface area contributed by atoms with E-state index in [2.05, 4.69) is 11.0 Å². The molecule has 1 aromatic rings. The van der Waals surface area contributed by atoms with Crippen molar-refractivity contribution in [2.75, 3.05) is 18.0 Å². The highest BCUT2D eigenvalue weighted by atomic mass is 16.7. The van der Waals surface area contributed by atoms with Gasteiger partial charge in [-0.3, -0.25) is 0 Å². The summed E-state index contributed by atoms with van der Waals surface area (Å²) < 4.78 is 12.0. The van der Waals surface area contributed by atoms with Gasteiger partial charge in [0.2, 0.25) is 0 Å². The van der Waals surface area contributed by atoms with Crippen LogP contribution in [0.2, 0.25) is 13.1 Å². The van der Waals surface area contributed by atoms with Gasteiger partial charge in [-0.25, -0.2) is 10.2 Å². The van der Waals surface area contributed by atoms with Gasteiger partial charge in [0.15, 0.2) is 0 Å². The van der Waals surface area contributed by atoms with Gasteiger partial charge in [0.05, 0.1) is 17.7 Å². The number of pyridine rings is 1. The monoisotopic (exact) mass is 341 g/mol. The average molecular weight is 341 g/mol. The number of anilines is 1. The van der Waals surface area contributed by atoms with Crippen molar-refractivity contribution < 1.29 is 14.1 Å². The Balaban J connectivity index is 2.10. The third kappa shape index (κ3) is 4.42. The zero-order chi connectivity index (χ0) is 18.7. The molecule has 0 spiro atoms. The maximum absolute atomic E-state index is 10.9. The van der Waals surface area contributed by atoms with Crippen molar-refractivity contribution >= 4 is 31.4 Å². The number of carbonyl (C=O) groups excluding carboxylic acids is 1. The van der Waals surface area contributed by atoms with Crippen LogP contribution in [0.5, 0.6) is 0 Å². The van der Waals surface area contributed by atoms with Crippen LogP contribution in [0.25, 0.3) is 0 Å². The van der Waals surface area contributed by atoms with E-state index in [4.69, 9.17) is 14.6 Å². The molecular weight excluding hydrogens is 316 g/mol. The van der Waals surface area contributed by atoms with E-state index in [0.717, 1.165) is 11.7 Å². The summed E-state index contributed by atoms with van der Waals surface area (Å²) in [7, 11) is -0.454. The molecule has 0 N–H and O–H groups in total. The highest BCUT2D eigenvalue weighted by Gasteiger charge is 2.51. The van der Waals surface area contributed by atoms with E-state index in [9.17, 15) is 4.79 Å². The highest BCUT2D eigenvalue weighted by Crippen LogP contribution is 2.36. The molecule has 2 rings (SSSR count). The Morgan fingerprint density at radius 3 is 2.44 bits per heavy atom. The molecule has 0 aliphatic carbocycles. The SMILES string of the molecule is CB(C#N)CCN(CC=O)c1ccc(B2OC(C)(C)C(C)(C)O2)cn1. The lowest BCUT2D eigenvalue weighted by atomic mass is 9.51. The zero-order valence-electron chi connectivity index (χ0n) is 15.7. The molecule has 0 amide bonds. The van der Waals surface area contributed by atoms with Crippen molar-refractivity contribution in [2.45, 2.75) is 52.0 Å². The maximum Gasteiger partial charge on any atom is 0.496 e. The fraction of sp³-hybridized carbons (Fsp3) is 0.588. The molecule has 1 aromatic heterocycles. The van der Waals surface area contributed by atoms with Crippen molar-refractivity contribution in [2.24, 2.45) is 0 Å². The number of hydrogen-bond acceptors (Lipinski definition) is 6. The lowest BCUT2D eigenvalue weighted by Gasteiger charge is -2.32. The summed E-state index contributed by atoms with van der Waals surface area (Å²) >= 11 is 0. The minimum atomic E-state index is -0.454. The number of nitrogens with zero attached hydrogens (tertiary/aromatic N) is 3. The Morgan fingerprint density at radius 2 is 1.96 bits per heavy atom. The number of hydrogen-bond donors (Lipinski definition) is 0. The van der Waals surface area contributed by atoms with Crippen LogP contribution in [0.4, 0.5) is 5.82 Å². The van der Waals surface area contributed by atoms with E-state index in [0.29, 0.717) is 18.7 Å². The topological polar surface area (TPSA) is 75.5 Å². The number of nitriles is 1. The second-order valence-corrected chi connectivity index (χ2v) is 7.47. The van der Waals surface area contributed by atoms with Crippen LogP contribution in [0.1, 0.15) is 27.7 Å². The van der Waals surface area contributed by atoms with Gasteiger partial charge in [0, 0.05) is 24.2 Å². The molecule has 1 fully saturated rings. The van der Waals surface area contributed by atoms with Crippen molar-refractivity contribution in [3.8, 4) is 5.97 Å². The first-order chi connectivity index (χ1) is 11.7. The van der Waals surface area contributed by atoms with Crippen molar-refractivity contribution in [3.63, 3.8) is 0 Å². The molecule has 1 saturated heterocycles. The summed E-state index contributed by atoms with van der Waals surface area (Å²) in [5, 5.41) is 8.91. The zero-order valence-corrected chi connectivity index (χ0v) is 15.7. The summed E-state index contributed by atoms with van der Waals surface area (Å²) in [5.74, 6) is 2.91. The largest absolute Gasteiger partial charge is 0.496 e. The second kappa shape index (κ2) is 7.59. The molecule has 1 aliphatic heterocycles. The quantitative estimate of drug-likeness (QED) is 0.554. The summed E-state index contributed by atoms with van der Waals surface area (Å²) in [6.07, 6.45) is 3.26. The van der Waals surface area contributed by atoms with Crippen molar-refractivity contribution in [1.82, 2.24) is 4.98 Å². The predicted octanol–water partition coefficient (Wildman–Crippen LogP) is 1.57. The van der Waals surface area contributed by atoms with Crippen LogP contribution in [0.3, 0.4) is 0 Å². The number of aromatic nitrogens is 1. The molecule has 132 valence electrons. The van der Waals surface area contributed by atoms with E-state index in [1.54, 1.807) is 6.20 Å². The fourth-order valence-corrected chi connectivity index (χ4v) is 2.51. The van der Waals surface area contributed by atoms with Gasteiger partial charge in [0.25, 0.3) is 6.71 Å². The van der Waals surface area contributed by atoms with Gasteiger partial charge >= 0.3 is 7.12 Å². The van der Waals surface area contributed by atoms with Crippen LogP contribution >= 0.6 is 0 Å². The first-order valence-corrected chi connectivity index (χ1v) is 8.60. The summed E-state index contributed by atoms with van der Waals surface area (Å²) in [6.45, 7) is 10.7. The summed E-state index contributed by atoms with van der Waals surface area (Å²) in [4.78, 5) is 17.3. The summed E-state index contributed by atoms with van der Waals surface area (Å²) in [5.41, 5.74) is 0.0551. The fourth-order valence-electron chi connectivity index (χ4n) is 2.51. The highest BCUT2D eigenvalue weighted by molar-refractivity contribution is 6.65. The van der Waals surface area contributed by atoms with Gasteiger partial charge in [-0.2, -0.15) is 0 Å². The lowest BCUT2D eigenvalue weighted by Crippen LogP contribution is -2.41. The van der Waals surface area contributed by atoms with E-state index in [-0.39, 0.29) is 13.3 Å². The Morgan fingerprint density at radius 1 is 1.32 bits per heavy atom. The van der Waals surface area contributed by atoms with E-state index in [1.807, 2.05) is 51.6 Å². The van der Waals surface area contributed by atoms with E-state index >= 15 is 0 Å². The third-order valence-electron chi connectivity index (χ3n) is 4.97. The van der Waals surface area contributed by atoms with Crippen LogP contribution < -0.4 is 10.4 Å². The molecule has 0 bridgehead atoms. The van der Waals surface area contributed by atoms with Crippen molar-refractivity contribution in [3.05, 3.63) is 18.3 Å². The average Bonchev–Trinajstić information content (AvgIpc) is 2.79. The molecule has 1 aliphatic rings. The number of aldehydes is 1. The van der Waals surface area contributed by atoms with Crippen LogP contribution in [0.15, 0.2) is 18.3 Å². The summed E-state index contributed by atoms with van der Waals surface area (Å²) in [6, 6.07) is 3.77. The number of rotatable bonds is 7. The first kappa shape index (κ1) is 19.5. The Bertz CT molecular complexity index is 628. The molecular formula is C17H25B2N3O3. The second-order valence-electron chi connectivity index (χ2n) is 7.47. The van der Waals surface area contributed by atoms with Crippen LogP contribution in [-0.2, 0) is 14.1 Å². The van der Waals surface area contributed by atoms with E-state index < -0.39 is 18.3 Å². The molecule has 0 radical (unpaired) electrons. The minimum absolute atomic E-state index is 0.0572. The smallest absolute Gasteiger partial charge is 0.399 e. The standard InChI is InChI=1S/C17H25B2N3O3/c1-16(2)17(3,4)25-19(24-16)14-6-7-15(21-12-14)22(10-11-23)9-8-18(5)13-20/h6-7,11-12H,8-10H2,1-5H3. The maximum atomic E-state index is 10.9. The predicted molar refractivity (Wildman–Crippen MR) is 100 cm³/mol. The molecule has 6 nitrogen and oxygen atoms in total. The Hall–Kier alpha value is -1.84. The Kier molecular flexibility index (Phi) is 5.91. The number of carbonyl (C=O) groups is 1. The molecule has 0 aromatic carbocycles. The van der Waals surface area contributed by atoms with Crippen molar-refractivity contribution in [1.29, 1.82) is 5.26 Å². The molecule has 0 atom stereocenters. The molecule has 8 heteroatoms. The minimum Gasteiger partial charge on any atom is -0.399 e.